The molecule has 0 spiro atoms. The van der Waals surface area contributed by atoms with Gasteiger partial charge in [-0.2, -0.15) is 4.98 Å². The smallest absolute Gasteiger partial charge is 0.227 e. The van der Waals surface area contributed by atoms with E-state index in [1.165, 1.54) is 4.88 Å². The second kappa shape index (κ2) is 4.42. The fourth-order valence-corrected chi connectivity index (χ4v) is 2.63. The van der Waals surface area contributed by atoms with Gasteiger partial charge >= 0.3 is 0 Å². The Morgan fingerprint density at radius 2 is 2.06 bits per heavy atom. The second-order valence-electron chi connectivity index (χ2n) is 4.80. The lowest BCUT2D eigenvalue weighted by molar-refractivity contribution is 0.126. The highest BCUT2D eigenvalue weighted by Gasteiger charge is 2.18. The van der Waals surface area contributed by atoms with E-state index in [9.17, 15) is 0 Å². The predicted molar refractivity (Wildman–Crippen MR) is 72.2 cm³/mol. The van der Waals surface area contributed by atoms with Crippen LogP contribution in [0.15, 0.2) is 6.07 Å². The van der Waals surface area contributed by atoms with Crippen LogP contribution in [-0.4, -0.2) is 15.6 Å². The van der Waals surface area contributed by atoms with Gasteiger partial charge in [-0.1, -0.05) is 6.92 Å². The molecule has 0 amide bonds. The standard InChI is InChI=1S/C12H15ClN2OS/c1-5-7-6-8-9(16-12(2,3)4)14-11(13)15-10(8)17-7/h6H,5H2,1-4H3. The minimum atomic E-state index is -0.293. The Morgan fingerprint density at radius 3 is 2.65 bits per heavy atom. The molecule has 2 aromatic heterocycles. The first kappa shape index (κ1) is 12.6. The Bertz CT molecular complexity index is 545. The zero-order valence-corrected chi connectivity index (χ0v) is 11.9. The van der Waals surface area contributed by atoms with Gasteiger partial charge in [-0.3, -0.25) is 0 Å². The van der Waals surface area contributed by atoms with Gasteiger partial charge in [-0.25, -0.2) is 4.98 Å². The van der Waals surface area contributed by atoms with Crippen LogP contribution in [0.5, 0.6) is 5.88 Å². The number of fused-ring (bicyclic) bond motifs is 1. The van der Waals surface area contributed by atoms with Gasteiger partial charge in [0.15, 0.2) is 0 Å². The molecule has 0 aromatic carbocycles. The van der Waals surface area contributed by atoms with Crippen molar-refractivity contribution in [3.05, 3.63) is 16.2 Å². The van der Waals surface area contributed by atoms with E-state index in [4.69, 9.17) is 16.3 Å². The van der Waals surface area contributed by atoms with Crippen molar-refractivity contribution in [1.82, 2.24) is 9.97 Å². The molecule has 2 rings (SSSR count). The Hall–Kier alpha value is -0.870. The van der Waals surface area contributed by atoms with Crippen molar-refractivity contribution in [3.8, 4) is 5.88 Å². The van der Waals surface area contributed by atoms with Gasteiger partial charge in [0.2, 0.25) is 11.2 Å². The number of halogens is 1. The van der Waals surface area contributed by atoms with E-state index in [2.05, 4.69) is 23.0 Å². The quantitative estimate of drug-likeness (QED) is 0.771. The van der Waals surface area contributed by atoms with Gasteiger partial charge < -0.3 is 4.74 Å². The fourth-order valence-electron chi connectivity index (χ4n) is 1.46. The van der Waals surface area contributed by atoms with Gasteiger partial charge in [-0.15, -0.1) is 11.3 Å². The Balaban J connectivity index is 2.56. The van der Waals surface area contributed by atoms with Gasteiger partial charge in [0, 0.05) is 4.88 Å². The second-order valence-corrected chi connectivity index (χ2v) is 6.25. The number of nitrogens with zero attached hydrogens (tertiary/aromatic N) is 2. The summed E-state index contributed by atoms with van der Waals surface area (Å²) in [6.07, 6.45) is 0.980. The van der Waals surface area contributed by atoms with Gasteiger partial charge in [0.05, 0.1) is 5.39 Å². The largest absolute Gasteiger partial charge is 0.471 e. The summed E-state index contributed by atoms with van der Waals surface area (Å²) in [4.78, 5) is 10.6. The van der Waals surface area contributed by atoms with Crippen molar-refractivity contribution in [2.75, 3.05) is 0 Å². The fraction of sp³-hybridized carbons (Fsp3) is 0.500. The molecule has 5 heteroatoms. The van der Waals surface area contributed by atoms with Crippen LogP contribution in [0.4, 0.5) is 0 Å². The minimum Gasteiger partial charge on any atom is -0.471 e. The molecule has 0 saturated carbocycles. The molecule has 2 heterocycles. The van der Waals surface area contributed by atoms with Crippen molar-refractivity contribution >= 4 is 33.2 Å². The Kier molecular flexibility index (Phi) is 3.27. The number of thiophene rings is 1. The highest BCUT2D eigenvalue weighted by Crippen LogP contribution is 2.33. The molecule has 0 atom stereocenters. The monoisotopic (exact) mass is 270 g/mol. The number of hydrogen-bond acceptors (Lipinski definition) is 4. The van der Waals surface area contributed by atoms with Crippen molar-refractivity contribution in [3.63, 3.8) is 0 Å². The minimum absolute atomic E-state index is 0.237. The number of hydrogen-bond donors (Lipinski definition) is 0. The molecule has 0 fully saturated rings. The summed E-state index contributed by atoms with van der Waals surface area (Å²) in [7, 11) is 0. The van der Waals surface area contributed by atoms with E-state index < -0.39 is 0 Å². The Labute approximate surface area is 110 Å². The molecule has 0 unspecified atom stereocenters. The Morgan fingerprint density at radius 1 is 1.35 bits per heavy atom. The third kappa shape index (κ3) is 2.87. The normalized spacial score (nSPS) is 12.1. The van der Waals surface area contributed by atoms with Crippen LogP contribution in [0, 0.1) is 0 Å². The highest BCUT2D eigenvalue weighted by atomic mass is 35.5. The summed E-state index contributed by atoms with van der Waals surface area (Å²) in [5.74, 6) is 0.573. The van der Waals surface area contributed by atoms with E-state index >= 15 is 0 Å². The third-order valence-corrected chi connectivity index (χ3v) is 3.48. The first-order valence-corrected chi connectivity index (χ1v) is 6.73. The predicted octanol–water partition coefficient (Wildman–Crippen LogP) is 4.08. The molecular weight excluding hydrogens is 256 g/mol. The summed E-state index contributed by atoms with van der Waals surface area (Å²) in [5.41, 5.74) is -0.293. The summed E-state index contributed by atoms with van der Waals surface area (Å²) in [5, 5.41) is 1.19. The average Bonchev–Trinajstić information content (AvgIpc) is 2.58. The summed E-state index contributed by atoms with van der Waals surface area (Å²) < 4.78 is 5.82. The van der Waals surface area contributed by atoms with Crippen LogP contribution < -0.4 is 4.74 Å². The molecule has 0 saturated heterocycles. The number of aryl methyl sites for hydroxylation is 1. The zero-order chi connectivity index (χ0) is 12.6. The van der Waals surface area contributed by atoms with E-state index in [-0.39, 0.29) is 10.9 Å². The first-order valence-electron chi connectivity index (χ1n) is 5.54. The third-order valence-electron chi connectivity index (χ3n) is 2.13. The van der Waals surface area contributed by atoms with E-state index in [1.54, 1.807) is 11.3 Å². The molecular formula is C12H15ClN2OS. The lowest BCUT2D eigenvalue weighted by Crippen LogP contribution is -2.23. The molecule has 2 aromatic rings. The van der Waals surface area contributed by atoms with Crippen LogP contribution >= 0.6 is 22.9 Å². The zero-order valence-electron chi connectivity index (χ0n) is 10.4. The van der Waals surface area contributed by atoms with Crippen molar-refractivity contribution in [2.45, 2.75) is 39.7 Å². The lowest BCUT2D eigenvalue weighted by atomic mass is 10.2. The van der Waals surface area contributed by atoms with E-state index in [0.717, 1.165) is 16.6 Å². The molecule has 17 heavy (non-hydrogen) atoms. The van der Waals surface area contributed by atoms with Gasteiger partial charge in [-0.05, 0) is 44.9 Å². The van der Waals surface area contributed by atoms with E-state index in [0.29, 0.717) is 5.88 Å². The molecule has 0 aliphatic rings. The van der Waals surface area contributed by atoms with Crippen LogP contribution in [0.1, 0.15) is 32.6 Å². The van der Waals surface area contributed by atoms with Crippen LogP contribution in [0.3, 0.4) is 0 Å². The van der Waals surface area contributed by atoms with E-state index in [1.807, 2.05) is 20.8 Å². The molecule has 0 bridgehead atoms. The first-order chi connectivity index (χ1) is 7.89. The van der Waals surface area contributed by atoms with Crippen molar-refractivity contribution in [2.24, 2.45) is 0 Å². The highest BCUT2D eigenvalue weighted by molar-refractivity contribution is 7.18. The molecule has 3 nitrogen and oxygen atoms in total. The van der Waals surface area contributed by atoms with Gasteiger partial charge in [0.1, 0.15) is 10.4 Å². The molecule has 0 N–H and O–H groups in total. The van der Waals surface area contributed by atoms with Gasteiger partial charge in [0.25, 0.3) is 0 Å². The van der Waals surface area contributed by atoms with Crippen LogP contribution in [0.2, 0.25) is 5.28 Å². The molecule has 0 aliphatic heterocycles. The summed E-state index contributed by atoms with van der Waals surface area (Å²) in [6, 6.07) is 2.08. The van der Waals surface area contributed by atoms with Crippen molar-refractivity contribution in [1.29, 1.82) is 0 Å². The van der Waals surface area contributed by atoms with Crippen molar-refractivity contribution < 1.29 is 4.74 Å². The average molecular weight is 271 g/mol. The topological polar surface area (TPSA) is 35.0 Å². The molecule has 0 aliphatic carbocycles. The number of ether oxygens (including phenoxy) is 1. The molecule has 0 radical (unpaired) electrons. The van der Waals surface area contributed by atoms with Crippen LogP contribution in [-0.2, 0) is 6.42 Å². The summed E-state index contributed by atoms with van der Waals surface area (Å²) in [6.45, 7) is 8.08. The maximum absolute atomic E-state index is 5.91. The maximum atomic E-state index is 5.91. The maximum Gasteiger partial charge on any atom is 0.227 e. The number of rotatable bonds is 2. The summed E-state index contributed by atoms with van der Waals surface area (Å²) >= 11 is 7.55. The number of aromatic nitrogens is 2. The SMILES string of the molecule is CCc1cc2c(OC(C)(C)C)nc(Cl)nc2s1. The lowest BCUT2D eigenvalue weighted by Gasteiger charge is -2.20. The van der Waals surface area contributed by atoms with Crippen LogP contribution in [0.25, 0.3) is 10.2 Å². The molecule has 92 valence electrons.